The number of carbonyl (C=O) groups excluding carboxylic acids is 4. The number of rotatable bonds is 71. The summed E-state index contributed by atoms with van der Waals surface area (Å²) in [5.41, 5.74) is 0. The molecule has 0 aromatic rings. The molecule has 0 bridgehead atoms. The van der Waals surface area contributed by atoms with E-state index in [-0.39, 0.29) is 25.7 Å². The third kappa shape index (κ3) is 65.9. The number of hydrogen-bond acceptors (Lipinski definition) is 15. The number of allylic oxidation sites excluding steroid dienone is 6. The summed E-state index contributed by atoms with van der Waals surface area (Å²) < 4.78 is 68.3. The minimum Gasteiger partial charge on any atom is -0.462 e. The average Bonchev–Trinajstić information content (AvgIpc) is 1.82. The van der Waals surface area contributed by atoms with Crippen molar-refractivity contribution in [3.63, 3.8) is 0 Å². The molecule has 0 amide bonds. The molecule has 0 aliphatic rings. The van der Waals surface area contributed by atoms with Crippen molar-refractivity contribution in [2.24, 2.45) is 0 Å². The summed E-state index contributed by atoms with van der Waals surface area (Å²) in [7, 11) is -9.92. The molecule has 0 spiro atoms. The minimum atomic E-state index is -4.96. The van der Waals surface area contributed by atoms with Gasteiger partial charge >= 0.3 is 39.5 Å². The molecule has 0 radical (unpaired) electrons. The second kappa shape index (κ2) is 66.9. The molecule has 540 valence electrons. The minimum absolute atomic E-state index is 0.0856. The second-order valence-electron chi connectivity index (χ2n) is 25.2. The zero-order valence-electron chi connectivity index (χ0n) is 58.7. The summed E-state index contributed by atoms with van der Waals surface area (Å²) in [6.07, 6.45) is 60.0. The van der Waals surface area contributed by atoms with E-state index >= 15 is 0 Å². The van der Waals surface area contributed by atoms with Crippen LogP contribution in [0.5, 0.6) is 0 Å². The zero-order valence-corrected chi connectivity index (χ0v) is 60.5. The van der Waals surface area contributed by atoms with Gasteiger partial charge in [-0.1, -0.05) is 289 Å². The van der Waals surface area contributed by atoms with Crippen molar-refractivity contribution in [3.8, 4) is 0 Å². The van der Waals surface area contributed by atoms with Gasteiger partial charge in [-0.3, -0.25) is 37.3 Å². The summed E-state index contributed by atoms with van der Waals surface area (Å²) in [6.45, 7) is 4.80. The molecule has 17 nitrogen and oxygen atoms in total. The van der Waals surface area contributed by atoms with Crippen LogP contribution in [0.15, 0.2) is 36.5 Å². The van der Waals surface area contributed by atoms with E-state index in [0.717, 1.165) is 128 Å². The van der Waals surface area contributed by atoms with E-state index in [0.29, 0.717) is 25.7 Å². The Kier molecular flexibility index (Phi) is 64.9. The van der Waals surface area contributed by atoms with Crippen molar-refractivity contribution in [1.29, 1.82) is 0 Å². The molecular formula is C73H136O17P2. The number of phosphoric ester groups is 2. The number of ether oxygens (including phenoxy) is 4. The fourth-order valence-electron chi connectivity index (χ4n) is 10.4. The van der Waals surface area contributed by atoms with Crippen LogP contribution in [0.25, 0.3) is 0 Å². The van der Waals surface area contributed by atoms with Gasteiger partial charge in [-0.2, -0.15) is 0 Å². The Morgan fingerprint density at radius 3 is 0.891 bits per heavy atom. The first kappa shape index (κ1) is 89.3. The molecule has 0 aromatic carbocycles. The summed E-state index contributed by atoms with van der Waals surface area (Å²) in [5.74, 6) is -2.16. The van der Waals surface area contributed by atoms with Crippen LogP contribution in [0, 0.1) is 0 Å². The Morgan fingerprint density at radius 1 is 0.304 bits per heavy atom. The molecule has 0 aliphatic carbocycles. The Morgan fingerprint density at radius 2 is 0.565 bits per heavy atom. The molecule has 92 heavy (non-hydrogen) atoms. The highest BCUT2D eigenvalue weighted by atomic mass is 31.2. The smallest absolute Gasteiger partial charge is 0.462 e. The van der Waals surface area contributed by atoms with Crippen molar-refractivity contribution < 1.29 is 80.2 Å². The lowest BCUT2D eigenvalue weighted by Crippen LogP contribution is -2.30. The number of unbranched alkanes of at least 4 members (excludes halogenated alkanes) is 39. The van der Waals surface area contributed by atoms with Gasteiger partial charge < -0.3 is 33.8 Å². The molecule has 3 N–H and O–H groups in total. The molecule has 0 heterocycles. The number of aliphatic hydroxyl groups is 1. The average molecular weight is 1350 g/mol. The SMILES string of the molecule is CCC/C=C\C/C=C\CCCCCCCC(=O)OC(COC(=O)CCCCCCCCCCCCCCCCC)COP(=O)(O)OCC(O)COP(=O)(O)OCC(COC(=O)CCCCCCCCCCCCCCC)OC(=O)CCCCCCC/C=C\CCCC. The molecule has 5 atom stereocenters. The lowest BCUT2D eigenvalue weighted by molar-refractivity contribution is -0.161. The maximum atomic E-state index is 13.0. The van der Waals surface area contributed by atoms with Gasteiger partial charge in [-0.15, -0.1) is 0 Å². The van der Waals surface area contributed by atoms with Gasteiger partial charge in [-0.05, 0) is 70.6 Å². The molecule has 0 saturated heterocycles. The highest BCUT2D eigenvalue weighted by Gasteiger charge is 2.30. The van der Waals surface area contributed by atoms with Crippen LogP contribution in [0.1, 0.15) is 349 Å². The molecule has 0 aromatic heterocycles. The summed E-state index contributed by atoms with van der Waals surface area (Å²) >= 11 is 0. The first-order valence-corrected chi connectivity index (χ1v) is 40.2. The lowest BCUT2D eigenvalue weighted by atomic mass is 10.0. The predicted octanol–water partition coefficient (Wildman–Crippen LogP) is 20.8. The standard InChI is InChI=1S/C73H136O17P2/c1-5-9-13-17-21-25-29-32-33-36-39-42-46-50-54-58-71(76)84-64-69(90-73(78)60-56-52-48-44-40-35-31-27-23-19-15-11-7-3)66-88-92(81,82)86-62-67(74)61-85-91(79,80)87-65-68(89-72(77)59-55-51-47-43-37-28-24-20-16-12-8-4)63-83-70(75)57-53-49-45-41-38-34-30-26-22-18-14-10-6-2/h15,19-20,24,27,31,67-69,74H,5-14,16-18,21-23,25-26,28-30,32-66H2,1-4H3,(H,79,80)(H,81,82)/b19-15-,24-20-,31-27-. The maximum absolute atomic E-state index is 13.0. The van der Waals surface area contributed by atoms with E-state index in [1.54, 1.807) is 0 Å². The Balaban J connectivity index is 5.28. The Bertz CT molecular complexity index is 1900. The quantitative estimate of drug-likeness (QED) is 0.0169. The largest absolute Gasteiger partial charge is 0.472 e. The van der Waals surface area contributed by atoms with Gasteiger partial charge in [0.05, 0.1) is 26.4 Å². The summed E-state index contributed by atoms with van der Waals surface area (Å²) in [5, 5.41) is 10.6. The third-order valence-electron chi connectivity index (χ3n) is 16.1. The number of phosphoric acid groups is 2. The predicted molar refractivity (Wildman–Crippen MR) is 372 cm³/mol. The monoisotopic (exact) mass is 1350 g/mol. The van der Waals surface area contributed by atoms with Crippen molar-refractivity contribution in [1.82, 2.24) is 0 Å². The topological polar surface area (TPSA) is 237 Å². The maximum Gasteiger partial charge on any atom is 0.472 e. The van der Waals surface area contributed by atoms with Crippen molar-refractivity contribution in [3.05, 3.63) is 36.5 Å². The van der Waals surface area contributed by atoms with E-state index in [9.17, 15) is 43.2 Å². The van der Waals surface area contributed by atoms with Crippen molar-refractivity contribution in [2.45, 2.75) is 367 Å². The van der Waals surface area contributed by atoms with Crippen LogP contribution in [-0.4, -0.2) is 96.7 Å². The van der Waals surface area contributed by atoms with Crippen LogP contribution < -0.4 is 0 Å². The van der Waals surface area contributed by atoms with Crippen LogP contribution >= 0.6 is 15.6 Å². The fraction of sp³-hybridized carbons (Fsp3) is 0.863. The summed E-state index contributed by atoms with van der Waals surface area (Å²) in [6, 6.07) is 0. The fourth-order valence-corrected chi connectivity index (χ4v) is 11.9. The van der Waals surface area contributed by atoms with Crippen LogP contribution in [0.4, 0.5) is 0 Å². The first-order valence-electron chi connectivity index (χ1n) is 37.2. The number of esters is 4. The van der Waals surface area contributed by atoms with Crippen molar-refractivity contribution >= 4 is 39.5 Å². The molecule has 0 fully saturated rings. The number of aliphatic hydroxyl groups excluding tert-OH is 1. The number of hydrogen-bond donors (Lipinski definition) is 3. The zero-order chi connectivity index (χ0) is 67.5. The van der Waals surface area contributed by atoms with Gasteiger partial charge in [0.25, 0.3) is 0 Å². The van der Waals surface area contributed by atoms with Crippen LogP contribution in [0.3, 0.4) is 0 Å². The van der Waals surface area contributed by atoms with Gasteiger partial charge in [-0.25, -0.2) is 9.13 Å². The van der Waals surface area contributed by atoms with E-state index in [1.807, 2.05) is 0 Å². The first-order chi connectivity index (χ1) is 44.7. The van der Waals surface area contributed by atoms with Crippen LogP contribution in [-0.2, 0) is 65.4 Å². The van der Waals surface area contributed by atoms with E-state index in [1.165, 1.54) is 141 Å². The van der Waals surface area contributed by atoms with Gasteiger partial charge in [0, 0.05) is 25.7 Å². The third-order valence-corrected chi connectivity index (χ3v) is 18.0. The second-order valence-corrected chi connectivity index (χ2v) is 28.2. The van der Waals surface area contributed by atoms with Crippen molar-refractivity contribution in [2.75, 3.05) is 39.6 Å². The Labute approximate surface area is 560 Å². The van der Waals surface area contributed by atoms with E-state index < -0.39 is 97.5 Å². The molecule has 19 heteroatoms. The molecular weight excluding hydrogens is 1210 g/mol. The van der Waals surface area contributed by atoms with E-state index in [4.69, 9.17) is 37.0 Å². The van der Waals surface area contributed by atoms with Gasteiger partial charge in [0.2, 0.25) is 0 Å². The Hall–Kier alpha value is -2.72. The normalized spacial score (nSPS) is 14.2. The molecule has 0 saturated carbocycles. The van der Waals surface area contributed by atoms with Gasteiger partial charge in [0.1, 0.15) is 19.3 Å². The van der Waals surface area contributed by atoms with Crippen LogP contribution in [0.2, 0.25) is 0 Å². The molecule has 5 unspecified atom stereocenters. The highest BCUT2D eigenvalue weighted by molar-refractivity contribution is 7.47. The molecule has 0 aliphatic heterocycles. The van der Waals surface area contributed by atoms with E-state index in [2.05, 4.69) is 64.2 Å². The lowest BCUT2D eigenvalue weighted by Gasteiger charge is -2.21. The molecule has 0 rings (SSSR count). The van der Waals surface area contributed by atoms with Gasteiger partial charge in [0.15, 0.2) is 12.2 Å². The summed E-state index contributed by atoms with van der Waals surface area (Å²) in [4.78, 5) is 72.6. The highest BCUT2D eigenvalue weighted by Crippen LogP contribution is 2.45. The number of carbonyl (C=O) groups is 4.